The number of hydrogen-bond donors (Lipinski definition) is 1. The van der Waals surface area contributed by atoms with Crippen molar-refractivity contribution in [2.75, 3.05) is 7.11 Å². The van der Waals surface area contributed by atoms with Gasteiger partial charge in [-0.15, -0.1) is 0 Å². The van der Waals surface area contributed by atoms with Crippen molar-refractivity contribution in [3.8, 4) is 5.75 Å². The van der Waals surface area contributed by atoms with E-state index in [1.54, 1.807) is 0 Å². The third-order valence-corrected chi connectivity index (χ3v) is 3.02. The van der Waals surface area contributed by atoms with Gasteiger partial charge in [-0.3, -0.25) is 0 Å². The summed E-state index contributed by atoms with van der Waals surface area (Å²) in [5.74, 6) is 0.142. The van der Waals surface area contributed by atoms with Gasteiger partial charge in [0.25, 0.3) is 0 Å². The van der Waals surface area contributed by atoms with Crippen LogP contribution < -0.4 is 10.1 Å². The number of nitrogens with one attached hydrogen (secondary N) is 1. The van der Waals surface area contributed by atoms with E-state index in [-0.39, 0.29) is 5.75 Å². The first-order valence-electron chi connectivity index (χ1n) is 5.48. The van der Waals surface area contributed by atoms with E-state index in [0.717, 1.165) is 25.0 Å². The van der Waals surface area contributed by atoms with Crippen molar-refractivity contribution in [3.05, 3.63) is 29.3 Å². The van der Waals surface area contributed by atoms with Crippen molar-refractivity contribution < 1.29 is 17.9 Å². The summed E-state index contributed by atoms with van der Waals surface area (Å²) in [5.41, 5.74) is -0.246. The topological polar surface area (TPSA) is 21.3 Å². The molecule has 1 N–H and O–H groups in total. The molecule has 0 amide bonds. The number of thiocarbonyl (C=S) groups is 1. The van der Waals surface area contributed by atoms with E-state index in [0.29, 0.717) is 16.6 Å². The van der Waals surface area contributed by atoms with Crippen LogP contribution in [0.4, 0.5) is 13.2 Å². The largest absolute Gasteiger partial charge is 0.496 e. The van der Waals surface area contributed by atoms with Crippen molar-refractivity contribution in [3.63, 3.8) is 0 Å². The second kappa shape index (κ2) is 4.76. The Hall–Kier alpha value is -1.30. The first-order valence-corrected chi connectivity index (χ1v) is 5.88. The predicted molar refractivity (Wildman–Crippen MR) is 65.9 cm³/mol. The molecule has 1 aliphatic rings. The van der Waals surface area contributed by atoms with Crippen molar-refractivity contribution in [1.82, 2.24) is 5.32 Å². The zero-order valence-corrected chi connectivity index (χ0v) is 10.5. The van der Waals surface area contributed by atoms with Gasteiger partial charge in [0.1, 0.15) is 10.7 Å². The monoisotopic (exact) mass is 275 g/mol. The maximum atomic E-state index is 12.6. The zero-order chi connectivity index (χ0) is 13.3. The number of halogens is 3. The third kappa shape index (κ3) is 2.93. The summed E-state index contributed by atoms with van der Waals surface area (Å²) in [6, 6.07) is 3.68. The number of benzene rings is 1. The minimum absolute atomic E-state index is 0.142. The van der Waals surface area contributed by atoms with Crippen LogP contribution in [-0.4, -0.2) is 18.1 Å². The Kier molecular flexibility index (Phi) is 3.47. The third-order valence-electron chi connectivity index (χ3n) is 2.69. The maximum absolute atomic E-state index is 12.6. The van der Waals surface area contributed by atoms with E-state index in [9.17, 15) is 13.2 Å². The highest BCUT2D eigenvalue weighted by molar-refractivity contribution is 7.80. The number of hydrogen-bond acceptors (Lipinski definition) is 2. The Balaban J connectivity index is 2.27. The molecule has 0 radical (unpaired) electrons. The Bertz CT molecular complexity index is 469. The average Bonchev–Trinajstić information content (AvgIpc) is 3.10. The van der Waals surface area contributed by atoms with E-state index >= 15 is 0 Å². The molecule has 0 spiro atoms. The Morgan fingerprint density at radius 1 is 1.39 bits per heavy atom. The number of rotatable bonds is 3. The van der Waals surface area contributed by atoms with E-state index in [2.05, 4.69) is 5.32 Å². The van der Waals surface area contributed by atoms with E-state index in [1.807, 2.05) is 0 Å². The van der Waals surface area contributed by atoms with Crippen molar-refractivity contribution in [2.24, 2.45) is 0 Å². The summed E-state index contributed by atoms with van der Waals surface area (Å²) < 4.78 is 42.6. The molecule has 18 heavy (non-hydrogen) atoms. The molecule has 1 aromatic rings. The van der Waals surface area contributed by atoms with Gasteiger partial charge in [-0.25, -0.2) is 0 Å². The summed E-state index contributed by atoms with van der Waals surface area (Å²) >= 11 is 5.15. The molecule has 0 saturated heterocycles. The Morgan fingerprint density at radius 2 is 2.06 bits per heavy atom. The van der Waals surface area contributed by atoms with Crippen LogP contribution in [0.2, 0.25) is 0 Å². The van der Waals surface area contributed by atoms with Crippen LogP contribution in [0, 0.1) is 0 Å². The highest BCUT2D eigenvalue weighted by atomic mass is 32.1. The molecule has 0 aliphatic heterocycles. The summed E-state index contributed by atoms with van der Waals surface area (Å²) in [7, 11) is 1.33. The smallest absolute Gasteiger partial charge is 0.416 e. The van der Waals surface area contributed by atoms with Crippen LogP contribution in [0.15, 0.2) is 18.2 Å². The van der Waals surface area contributed by atoms with E-state index in [1.165, 1.54) is 13.2 Å². The summed E-state index contributed by atoms with van der Waals surface area (Å²) in [6.07, 6.45) is -2.29. The fraction of sp³-hybridized carbons (Fsp3) is 0.417. The fourth-order valence-corrected chi connectivity index (χ4v) is 1.88. The summed E-state index contributed by atoms with van der Waals surface area (Å²) in [6.45, 7) is 0. The SMILES string of the molecule is COc1cc(C(F)(F)F)ccc1C(=S)NC1CC1. The second-order valence-electron chi connectivity index (χ2n) is 4.16. The number of ether oxygens (including phenoxy) is 1. The first kappa shape index (κ1) is 13.1. The molecule has 98 valence electrons. The average molecular weight is 275 g/mol. The quantitative estimate of drug-likeness (QED) is 0.856. The molecular formula is C12H12F3NOS. The van der Waals surface area contributed by atoms with Crippen LogP contribution in [0.25, 0.3) is 0 Å². The zero-order valence-electron chi connectivity index (χ0n) is 9.67. The van der Waals surface area contributed by atoms with E-state index < -0.39 is 11.7 Å². The molecule has 1 fully saturated rings. The van der Waals surface area contributed by atoms with Crippen molar-refractivity contribution in [2.45, 2.75) is 25.1 Å². The lowest BCUT2D eigenvalue weighted by Gasteiger charge is -2.14. The molecule has 0 bridgehead atoms. The van der Waals surface area contributed by atoms with Gasteiger partial charge < -0.3 is 10.1 Å². The standard InChI is InChI=1S/C12H12F3NOS/c1-17-10-6-7(12(13,14)15)2-5-9(10)11(18)16-8-3-4-8/h2,5-6,8H,3-4H2,1H3,(H,16,18). The molecule has 0 heterocycles. The minimum Gasteiger partial charge on any atom is -0.496 e. The van der Waals surface area contributed by atoms with Crippen molar-refractivity contribution >= 4 is 17.2 Å². The van der Waals surface area contributed by atoms with Gasteiger partial charge in [-0.1, -0.05) is 12.2 Å². The number of methoxy groups -OCH3 is 1. The normalized spacial score (nSPS) is 15.3. The lowest BCUT2D eigenvalue weighted by atomic mass is 10.1. The highest BCUT2D eigenvalue weighted by Crippen LogP contribution is 2.33. The lowest BCUT2D eigenvalue weighted by molar-refractivity contribution is -0.137. The van der Waals surface area contributed by atoms with Gasteiger partial charge in [0, 0.05) is 6.04 Å². The van der Waals surface area contributed by atoms with Gasteiger partial charge in [-0.05, 0) is 31.0 Å². The molecule has 1 aliphatic carbocycles. The first-order chi connectivity index (χ1) is 8.41. The molecule has 2 nitrogen and oxygen atoms in total. The van der Waals surface area contributed by atoms with Crippen LogP contribution in [-0.2, 0) is 6.18 Å². The minimum atomic E-state index is -4.38. The maximum Gasteiger partial charge on any atom is 0.416 e. The van der Waals surface area contributed by atoms with Crippen LogP contribution in [0.5, 0.6) is 5.75 Å². The summed E-state index contributed by atoms with van der Waals surface area (Å²) in [4.78, 5) is 0.433. The Morgan fingerprint density at radius 3 is 2.56 bits per heavy atom. The molecule has 1 saturated carbocycles. The predicted octanol–water partition coefficient (Wildman–Crippen LogP) is 3.14. The van der Waals surface area contributed by atoms with Gasteiger partial charge in [0.2, 0.25) is 0 Å². The molecule has 1 aromatic carbocycles. The van der Waals surface area contributed by atoms with Gasteiger partial charge in [0.05, 0.1) is 18.2 Å². The number of alkyl halides is 3. The van der Waals surface area contributed by atoms with Gasteiger partial charge in [-0.2, -0.15) is 13.2 Å². The summed E-state index contributed by atoms with van der Waals surface area (Å²) in [5, 5.41) is 3.07. The van der Waals surface area contributed by atoms with Gasteiger partial charge >= 0.3 is 6.18 Å². The van der Waals surface area contributed by atoms with Crippen molar-refractivity contribution in [1.29, 1.82) is 0 Å². The highest BCUT2D eigenvalue weighted by Gasteiger charge is 2.32. The molecular weight excluding hydrogens is 263 g/mol. The molecule has 0 atom stereocenters. The molecule has 6 heteroatoms. The van der Waals surface area contributed by atoms with Crippen LogP contribution in [0.3, 0.4) is 0 Å². The molecule has 0 unspecified atom stereocenters. The fourth-order valence-electron chi connectivity index (χ4n) is 1.55. The molecule has 2 rings (SSSR count). The molecule has 0 aromatic heterocycles. The van der Waals surface area contributed by atoms with E-state index in [4.69, 9.17) is 17.0 Å². The lowest BCUT2D eigenvalue weighted by Crippen LogP contribution is -2.25. The second-order valence-corrected chi connectivity index (χ2v) is 4.57. The Labute approximate surface area is 108 Å². The van der Waals surface area contributed by atoms with Crippen LogP contribution in [0.1, 0.15) is 24.0 Å². The van der Waals surface area contributed by atoms with Crippen LogP contribution >= 0.6 is 12.2 Å². The van der Waals surface area contributed by atoms with Gasteiger partial charge in [0.15, 0.2) is 0 Å².